The fourth-order valence-corrected chi connectivity index (χ4v) is 5.08. The van der Waals surface area contributed by atoms with Gasteiger partial charge in [-0.25, -0.2) is 17.9 Å². The van der Waals surface area contributed by atoms with Crippen LogP contribution in [-0.4, -0.2) is 32.0 Å². The summed E-state index contributed by atoms with van der Waals surface area (Å²) >= 11 is 0. The normalized spacial score (nSPS) is 18.8. The Morgan fingerprint density at radius 3 is 2.35 bits per heavy atom. The van der Waals surface area contributed by atoms with Gasteiger partial charge in [-0.3, -0.25) is 10.1 Å². The molecule has 0 aromatic heterocycles. The summed E-state index contributed by atoms with van der Waals surface area (Å²) in [4.78, 5) is 22.0. The molecule has 0 radical (unpaired) electrons. The molecule has 1 saturated carbocycles. The van der Waals surface area contributed by atoms with Gasteiger partial charge in [0.25, 0.3) is 5.69 Å². The van der Waals surface area contributed by atoms with Crippen molar-refractivity contribution in [3.8, 4) is 0 Å². The highest BCUT2D eigenvalue weighted by Gasteiger charge is 2.30. The lowest BCUT2D eigenvalue weighted by Gasteiger charge is -2.28. The summed E-state index contributed by atoms with van der Waals surface area (Å²) in [6.07, 6.45) is 2.14. The number of nitro groups is 1. The summed E-state index contributed by atoms with van der Waals surface area (Å²) in [7, 11) is -3.99. The minimum atomic E-state index is -3.99. The van der Waals surface area contributed by atoms with Gasteiger partial charge in [-0.2, -0.15) is 0 Å². The predicted octanol–water partition coefficient (Wildman–Crippen LogP) is 3.36. The zero-order chi connectivity index (χ0) is 22.3. The average molecular weight is 448 g/mol. The molecule has 166 valence electrons. The number of amides is 1. The largest absolute Gasteiger partial charge is 0.445 e. The molecule has 0 atom stereocenters. The first-order chi connectivity index (χ1) is 14.8. The van der Waals surface area contributed by atoms with E-state index in [4.69, 9.17) is 4.74 Å². The Labute approximate surface area is 181 Å². The van der Waals surface area contributed by atoms with Crippen LogP contribution in [0.15, 0.2) is 59.5 Å². The fourth-order valence-electron chi connectivity index (χ4n) is 3.60. The lowest BCUT2D eigenvalue weighted by molar-refractivity contribution is -0.387. The number of alkyl carbamates (subject to hydrolysis) is 1. The molecule has 2 aromatic carbocycles. The van der Waals surface area contributed by atoms with Crippen LogP contribution in [0.25, 0.3) is 0 Å². The summed E-state index contributed by atoms with van der Waals surface area (Å²) < 4.78 is 33.0. The molecule has 0 aliphatic heterocycles. The molecule has 2 aromatic rings. The van der Waals surface area contributed by atoms with E-state index in [2.05, 4.69) is 10.0 Å². The van der Waals surface area contributed by atoms with Gasteiger partial charge >= 0.3 is 6.09 Å². The number of ether oxygens (including phenoxy) is 1. The van der Waals surface area contributed by atoms with E-state index in [1.165, 1.54) is 24.3 Å². The number of sulfonamides is 1. The van der Waals surface area contributed by atoms with Gasteiger partial charge in [0.2, 0.25) is 10.0 Å². The van der Waals surface area contributed by atoms with Gasteiger partial charge in [-0.1, -0.05) is 42.5 Å². The second-order valence-corrected chi connectivity index (χ2v) is 9.19. The van der Waals surface area contributed by atoms with Gasteiger partial charge in [0.05, 0.1) is 4.92 Å². The van der Waals surface area contributed by atoms with E-state index in [1.807, 2.05) is 30.3 Å². The minimum Gasteiger partial charge on any atom is -0.445 e. The molecular formula is C21H25N3O6S. The summed E-state index contributed by atoms with van der Waals surface area (Å²) in [6.45, 7) is 0.657. The van der Waals surface area contributed by atoms with E-state index in [0.717, 1.165) is 18.4 Å². The molecule has 10 heteroatoms. The third-order valence-electron chi connectivity index (χ3n) is 5.27. The SMILES string of the molecule is O=C(NC[C@H]1CC[C@@H](NS(=O)(=O)c2ccccc2[N+](=O)[O-])CC1)OCc1ccccc1. The van der Waals surface area contributed by atoms with Crippen LogP contribution >= 0.6 is 0 Å². The highest BCUT2D eigenvalue weighted by molar-refractivity contribution is 7.89. The molecule has 3 rings (SSSR count). The number of hydrogen-bond acceptors (Lipinski definition) is 6. The van der Waals surface area contributed by atoms with Crippen molar-refractivity contribution in [2.45, 2.75) is 43.2 Å². The van der Waals surface area contributed by atoms with Gasteiger partial charge in [-0.05, 0) is 43.2 Å². The summed E-state index contributed by atoms with van der Waals surface area (Å²) in [5.41, 5.74) is 0.464. The third-order valence-corrected chi connectivity index (χ3v) is 6.84. The Balaban J connectivity index is 1.43. The van der Waals surface area contributed by atoms with E-state index in [-0.39, 0.29) is 23.5 Å². The third kappa shape index (κ3) is 6.50. The molecule has 1 aliphatic rings. The second-order valence-electron chi connectivity index (χ2n) is 7.51. The number of para-hydroxylation sites is 1. The van der Waals surface area contributed by atoms with Crippen LogP contribution in [0.2, 0.25) is 0 Å². The molecule has 0 spiro atoms. The Bertz CT molecular complexity index is 1000. The van der Waals surface area contributed by atoms with E-state index < -0.39 is 26.7 Å². The molecule has 0 heterocycles. The Kier molecular flexibility index (Phi) is 7.59. The van der Waals surface area contributed by atoms with E-state index in [1.54, 1.807) is 0 Å². The average Bonchev–Trinajstić information content (AvgIpc) is 2.77. The Morgan fingerprint density at radius 2 is 1.68 bits per heavy atom. The fraction of sp³-hybridized carbons (Fsp3) is 0.381. The van der Waals surface area contributed by atoms with Crippen molar-refractivity contribution in [2.75, 3.05) is 6.54 Å². The second kappa shape index (κ2) is 10.4. The number of nitrogens with one attached hydrogen (secondary N) is 2. The molecule has 31 heavy (non-hydrogen) atoms. The van der Waals surface area contributed by atoms with Gasteiger partial charge in [0.1, 0.15) is 6.61 Å². The maximum absolute atomic E-state index is 12.6. The van der Waals surface area contributed by atoms with Crippen LogP contribution in [0.4, 0.5) is 10.5 Å². The molecule has 0 bridgehead atoms. The quantitative estimate of drug-likeness (QED) is 0.472. The Hall–Kier alpha value is -2.98. The van der Waals surface area contributed by atoms with Crippen molar-refractivity contribution in [2.24, 2.45) is 5.92 Å². The molecule has 2 N–H and O–H groups in total. The van der Waals surface area contributed by atoms with Crippen molar-refractivity contribution < 1.29 is 22.9 Å². The van der Waals surface area contributed by atoms with Crippen LogP contribution in [-0.2, 0) is 21.4 Å². The van der Waals surface area contributed by atoms with E-state index in [0.29, 0.717) is 19.4 Å². The zero-order valence-corrected chi connectivity index (χ0v) is 17.7. The van der Waals surface area contributed by atoms with Crippen LogP contribution in [0.1, 0.15) is 31.2 Å². The highest BCUT2D eigenvalue weighted by atomic mass is 32.2. The van der Waals surface area contributed by atoms with Crippen molar-refractivity contribution in [3.63, 3.8) is 0 Å². The van der Waals surface area contributed by atoms with Crippen LogP contribution in [0.5, 0.6) is 0 Å². The first-order valence-electron chi connectivity index (χ1n) is 10.1. The Morgan fingerprint density at radius 1 is 1.03 bits per heavy atom. The summed E-state index contributed by atoms with van der Waals surface area (Å²) in [5.74, 6) is 0.219. The van der Waals surface area contributed by atoms with E-state index in [9.17, 15) is 23.3 Å². The maximum atomic E-state index is 12.6. The standard InChI is InChI=1S/C21H25N3O6S/c25-21(30-15-17-6-2-1-3-7-17)22-14-16-10-12-18(13-11-16)23-31(28,29)20-9-5-4-8-19(20)24(26)27/h1-9,16,18,23H,10-15H2,(H,22,25)/t16-,18+. The molecule has 0 unspecified atom stereocenters. The molecule has 1 amide bonds. The lowest BCUT2D eigenvalue weighted by atomic mass is 9.86. The number of nitrogens with zero attached hydrogens (tertiary/aromatic N) is 1. The zero-order valence-electron chi connectivity index (χ0n) is 16.9. The minimum absolute atomic E-state index is 0.201. The number of benzene rings is 2. The number of rotatable bonds is 8. The van der Waals surface area contributed by atoms with Crippen molar-refractivity contribution in [1.29, 1.82) is 0 Å². The van der Waals surface area contributed by atoms with Crippen LogP contribution in [0, 0.1) is 16.0 Å². The summed E-state index contributed by atoms with van der Waals surface area (Å²) in [6, 6.07) is 14.4. The molecule has 1 aliphatic carbocycles. The number of hydrogen-bond donors (Lipinski definition) is 2. The van der Waals surface area contributed by atoms with Gasteiger partial charge in [-0.15, -0.1) is 0 Å². The molecule has 0 saturated heterocycles. The van der Waals surface area contributed by atoms with Crippen molar-refractivity contribution in [1.82, 2.24) is 10.0 Å². The topological polar surface area (TPSA) is 128 Å². The van der Waals surface area contributed by atoms with Crippen LogP contribution in [0.3, 0.4) is 0 Å². The number of carbonyl (C=O) groups excluding carboxylic acids is 1. The van der Waals surface area contributed by atoms with Crippen molar-refractivity contribution >= 4 is 21.8 Å². The van der Waals surface area contributed by atoms with E-state index >= 15 is 0 Å². The van der Waals surface area contributed by atoms with Gasteiger partial charge in [0.15, 0.2) is 4.90 Å². The molecular weight excluding hydrogens is 422 g/mol. The van der Waals surface area contributed by atoms with Crippen LogP contribution < -0.4 is 10.0 Å². The monoisotopic (exact) mass is 447 g/mol. The highest BCUT2D eigenvalue weighted by Crippen LogP contribution is 2.27. The first kappa shape index (κ1) is 22.7. The van der Waals surface area contributed by atoms with Gasteiger partial charge < -0.3 is 10.1 Å². The molecule has 1 fully saturated rings. The van der Waals surface area contributed by atoms with Gasteiger partial charge in [0, 0.05) is 18.7 Å². The van der Waals surface area contributed by atoms with Crippen molar-refractivity contribution in [3.05, 3.63) is 70.3 Å². The number of carbonyl (C=O) groups is 1. The predicted molar refractivity (Wildman–Crippen MR) is 114 cm³/mol. The molecule has 9 nitrogen and oxygen atoms in total. The first-order valence-corrected chi connectivity index (χ1v) is 11.5. The lowest BCUT2D eigenvalue weighted by Crippen LogP contribution is -2.39. The number of nitro benzene ring substituents is 1. The maximum Gasteiger partial charge on any atom is 0.407 e. The summed E-state index contributed by atoms with van der Waals surface area (Å²) in [5, 5.41) is 13.9. The smallest absolute Gasteiger partial charge is 0.407 e.